The Morgan fingerprint density at radius 1 is 1.20 bits per heavy atom. The van der Waals surface area contributed by atoms with Crippen LogP contribution in [0.2, 0.25) is 0 Å². The van der Waals surface area contributed by atoms with Crippen molar-refractivity contribution in [3.63, 3.8) is 0 Å². The van der Waals surface area contributed by atoms with E-state index in [1.165, 1.54) is 23.5 Å². The van der Waals surface area contributed by atoms with Crippen LogP contribution in [0.3, 0.4) is 0 Å². The minimum atomic E-state index is -3.11. The Morgan fingerprint density at radius 2 is 1.98 bits per heavy atom. The molecule has 0 unspecified atom stereocenters. The van der Waals surface area contributed by atoms with Crippen molar-refractivity contribution in [2.24, 2.45) is 0 Å². The zero-order chi connectivity index (χ0) is 31.9. The number of ether oxygens (including phenoxy) is 1. The molecule has 2 amide bonds. The third-order valence-corrected chi connectivity index (χ3v) is 9.66. The second-order valence-corrected chi connectivity index (χ2v) is 12.9. The number of carbonyl (C=O) groups is 2. The normalized spacial score (nSPS) is 22.0. The Bertz CT molecular complexity index is 1570. The molecule has 6 rings (SSSR count). The van der Waals surface area contributed by atoms with E-state index in [1.807, 2.05) is 0 Å². The fourth-order valence-corrected chi connectivity index (χ4v) is 7.40. The Balaban J connectivity index is 1.32. The predicted molar refractivity (Wildman–Crippen MR) is 159 cm³/mol. The summed E-state index contributed by atoms with van der Waals surface area (Å²) in [5, 5.41) is 19.4. The summed E-state index contributed by atoms with van der Waals surface area (Å²) in [6, 6.07) is 3.70. The van der Waals surface area contributed by atoms with Crippen molar-refractivity contribution in [1.29, 1.82) is 0 Å². The Kier molecular flexibility index (Phi) is 8.86. The number of aromatic nitrogens is 1. The first-order valence-electron chi connectivity index (χ1n) is 15.1. The lowest BCUT2D eigenvalue weighted by atomic mass is 9.93. The summed E-state index contributed by atoms with van der Waals surface area (Å²) in [4.78, 5) is 33.3. The second kappa shape index (κ2) is 12.7. The number of fused-ring (bicyclic) bond motifs is 1. The number of aliphatic hydroxyl groups excluding tert-OH is 1. The molecule has 13 heteroatoms. The zero-order valence-corrected chi connectivity index (χ0v) is 25.4. The monoisotopic (exact) mass is 646 g/mol. The lowest BCUT2D eigenvalue weighted by molar-refractivity contribution is 0.0117. The fraction of sp³-hybridized carbons (Fsp3) is 0.469. The first-order valence-corrected chi connectivity index (χ1v) is 15.9. The number of hydrogen-bond acceptors (Lipinski definition) is 7. The molecule has 240 valence electrons. The summed E-state index contributed by atoms with van der Waals surface area (Å²) in [6.07, 6.45) is 0.829. The summed E-state index contributed by atoms with van der Waals surface area (Å²) in [6.45, 7) is 2.01. The highest BCUT2D eigenvalue weighted by atomic mass is 32.1. The summed E-state index contributed by atoms with van der Waals surface area (Å²) in [7, 11) is 0. The van der Waals surface area contributed by atoms with Crippen LogP contribution in [-0.4, -0.2) is 70.6 Å². The molecule has 0 bridgehead atoms. The van der Waals surface area contributed by atoms with Crippen molar-refractivity contribution in [2.75, 3.05) is 19.7 Å². The number of nitrogens with zero attached hydrogens (tertiary/aromatic N) is 2. The van der Waals surface area contributed by atoms with Gasteiger partial charge in [0.1, 0.15) is 22.4 Å². The zero-order valence-electron chi connectivity index (χ0n) is 24.6. The van der Waals surface area contributed by atoms with Crippen LogP contribution in [0.1, 0.15) is 74.3 Å². The van der Waals surface area contributed by atoms with E-state index in [1.54, 1.807) is 12.3 Å². The number of thiazole rings is 1. The van der Waals surface area contributed by atoms with E-state index in [0.717, 1.165) is 29.5 Å². The summed E-state index contributed by atoms with van der Waals surface area (Å²) in [5.74, 6) is -5.66. The second-order valence-electron chi connectivity index (χ2n) is 12.0. The van der Waals surface area contributed by atoms with Gasteiger partial charge in [-0.25, -0.2) is 22.5 Å². The minimum absolute atomic E-state index is 0.0357. The quantitative estimate of drug-likeness (QED) is 0.306. The van der Waals surface area contributed by atoms with E-state index in [9.17, 15) is 32.3 Å². The molecule has 3 aliphatic rings. The van der Waals surface area contributed by atoms with Crippen molar-refractivity contribution >= 4 is 23.2 Å². The molecule has 8 nitrogen and oxygen atoms in total. The van der Waals surface area contributed by atoms with E-state index in [2.05, 4.69) is 15.6 Å². The van der Waals surface area contributed by atoms with Crippen molar-refractivity contribution in [3.8, 4) is 5.75 Å². The molecule has 4 heterocycles. The largest absolute Gasteiger partial charge is 0.493 e. The molecule has 3 aliphatic heterocycles. The van der Waals surface area contributed by atoms with Crippen LogP contribution in [0.4, 0.5) is 17.6 Å². The van der Waals surface area contributed by atoms with Crippen LogP contribution >= 0.6 is 11.3 Å². The average molecular weight is 647 g/mol. The number of aryl methyl sites for hydroxylation is 1. The number of hydrogen-bond donors (Lipinski definition) is 3. The van der Waals surface area contributed by atoms with Crippen molar-refractivity contribution in [2.45, 2.75) is 75.6 Å². The van der Waals surface area contributed by atoms with E-state index < -0.39 is 60.5 Å². The average Bonchev–Trinajstić information content (AvgIpc) is 3.75. The van der Waals surface area contributed by atoms with Crippen LogP contribution in [0.15, 0.2) is 35.7 Å². The van der Waals surface area contributed by atoms with E-state index >= 15 is 0 Å². The van der Waals surface area contributed by atoms with Gasteiger partial charge in [0, 0.05) is 46.3 Å². The number of alkyl halides is 2. The molecule has 0 saturated carbocycles. The topological polar surface area (TPSA) is 104 Å². The van der Waals surface area contributed by atoms with Gasteiger partial charge in [-0.3, -0.25) is 9.59 Å². The molecule has 2 saturated heterocycles. The molecule has 1 aromatic heterocycles. The Labute approximate surface area is 261 Å². The van der Waals surface area contributed by atoms with Crippen molar-refractivity contribution in [1.82, 2.24) is 20.5 Å². The molecule has 0 spiro atoms. The molecular weight excluding hydrogens is 612 g/mol. The third-order valence-electron chi connectivity index (χ3n) is 8.60. The van der Waals surface area contributed by atoms with Gasteiger partial charge in [-0.2, -0.15) is 0 Å². The number of amides is 2. The lowest BCUT2D eigenvalue weighted by Gasteiger charge is -2.29. The number of likely N-dealkylation sites (tertiary alicyclic amines) is 1. The molecule has 45 heavy (non-hydrogen) atoms. The van der Waals surface area contributed by atoms with E-state index in [0.29, 0.717) is 54.4 Å². The SMILES string of the molecule is Cc1csc([C@H]2CC(F)(F)CN2C(=O)c2cc(C(=O)N[C@@H](Cc3cc(F)cc(F)c3)[C@H](O)[C@H]3CCCN3)cc3c2CCCO3)n1. The van der Waals surface area contributed by atoms with Gasteiger partial charge in [0.2, 0.25) is 0 Å². The van der Waals surface area contributed by atoms with Gasteiger partial charge in [0.05, 0.1) is 31.3 Å². The number of benzene rings is 2. The van der Waals surface area contributed by atoms with Gasteiger partial charge < -0.3 is 25.4 Å². The summed E-state index contributed by atoms with van der Waals surface area (Å²) >= 11 is 1.22. The van der Waals surface area contributed by atoms with Crippen LogP contribution in [0.5, 0.6) is 5.75 Å². The highest BCUT2D eigenvalue weighted by Gasteiger charge is 2.49. The maximum absolute atomic E-state index is 14.8. The number of nitrogens with one attached hydrogen (secondary N) is 2. The standard InChI is InChI=1S/C32H34F4N4O4S/c1-17-15-45-30(38-17)26-14-32(35,36)16-40(26)31(43)23-11-19(12-27-22(23)4-3-7-44-27)29(42)39-25(28(41)24-5-2-6-37-24)10-18-8-20(33)13-21(34)9-18/h8-9,11-13,15,24-26,28,37,41H,2-7,10,14,16H2,1H3,(H,39,42)/t24-,25+,26-,28-/m1/s1. The van der Waals surface area contributed by atoms with Gasteiger partial charge in [-0.15, -0.1) is 11.3 Å². The van der Waals surface area contributed by atoms with Gasteiger partial charge in [0.25, 0.3) is 17.7 Å². The van der Waals surface area contributed by atoms with Gasteiger partial charge in [-0.1, -0.05) is 0 Å². The van der Waals surface area contributed by atoms with Gasteiger partial charge >= 0.3 is 0 Å². The number of aliphatic hydroxyl groups is 1. The predicted octanol–water partition coefficient (Wildman–Crippen LogP) is 4.73. The van der Waals surface area contributed by atoms with Crippen LogP contribution in [0, 0.1) is 18.6 Å². The number of carbonyl (C=O) groups excluding carboxylic acids is 2. The maximum atomic E-state index is 14.8. The van der Waals surface area contributed by atoms with Crippen LogP contribution in [-0.2, 0) is 12.8 Å². The molecular formula is C32H34F4N4O4S. The third kappa shape index (κ3) is 6.85. The molecule has 3 N–H and O–H groups in total. The minimum Gasteiger partial charge on any atom is -0.493 e. The Hall–Kier alpha value is -3.55. The van der Waals surface area contributed by atoms with Crippen molar-refractivity contribution in [3.05, 3.63) is 80.3 Å². The highest BCUT2D eigenvalue weighted by molar-refractivity contribution is 7.09. The maximum Gasteiger partial charge on any atom is 0.267 e. The highest BCUT2D eigenvalue weighted by Crippen LogP contribution is 2.43. The first kappa shape index (κ1) is 31.4. The smallest absolute Gasteiger partial charge is 0.267 e. The molecule has 4 atom stereocenters. The van der Waals surface area contributed by atoms with Crippen molar-refractivity contribution < 1.29 is 37.0 Å². The van der Waals surface area contributed by atoms with Crippen LogP contribution < -0.4 is 15.4 Å². The van der Waals surface area contributed by atoms with E-state index in [4.69, 9.17) is 4.74 Å². The fourth-order valence-electron chi connectivity index (χ4n) is 6.49. The number of halogens is 4. The molecule has 2 fully saturated rings. The van der Waals surface area contributed by atoms with E-state index in [-0.39, 0.29) is 29.2 Å². The van der Waals surface area contributed by atoms with Gasteiger partial charge in [0.15, 0.2) is 0 Å². The molecule has 2 aromatic carbocycles. The van der Waals surface area contributed by atoms with Gasteiger partial charge in [-0.05, 0) is 75.4 Å². The summed E-state index contributed by atoms with van der Waals surface area (Å²) < 4.78 is 63.3. The molecule has 0 radical (unpaired) electrons. The lowest BCUT2D eigenvalue weighted by Crippen LogP contribution is -2.52. The first-order chi connectivity index (χ1) is 21.5. The molecule has 3 aromatic rings. The molecule has 0 aliphatic carbocycles. The van der Waals surface area contributed by atoms with Crippen LogP contribution in [0.25, 0.3) is 0 Å². The number of rotatable bonds is 8. The Morgan fingerprint density at radius 3 is 2.67 bits per heavy atom. The summed E-state index contributed by atoms with van der Waals surface area (Å²) in [5.41, 5.74) is 1.59.